The Morgan fingerprint density at radius 3 is 2.78 bits per heavy atom. The number of methoxy groups -OCH3 is 1. The Morgan fingerprint density at radius 2 is 2.33 bits per heavy atom. The van der Waals surface area contributed by atoms with Crippen molar-refractivity contribution in [2.75, 3.05) is 7.11 Å². The van der Waals surface area contributed by atoms with Gasteiger partial charge in [-0.15, -0.1) is 0 Å². The maximum Gasteiger partial charge on any atom is 0.316 e. The Kier molecular flexibility index (Phi) is 1.63. The van der Waals surface area contributed by atoms with Gasteiger partial charge in [-0.1, -0.05) is 0 Å². The van der Waals surface area contributed by atoms with Gasteiger partial charge < -0.3 is 4.74 Å². The van der Waals surface area contributed by atoms with Crippen molar-refractivity contribution in [2.24, 2.45) is 0 Å². The van der Waals surface area contributed by atoms with Crippen LogP contribution in [0.25, 0.3) is 0 Å². The van der Waals surface area contributed by atoms with Crippen molar-refractivity contribution in [3.05, 3.63) is 18.0 Å². The third-order valence-electron chi connectivity index (χ3n) is 0.955. The molecule has 0 saturated carbocycles. The summed E-state index contributed by atoms with van der Waals surface area (Å²) in [6.07, 6.45) is 1.67. The van der Waals surface area contributed by atoms with Crippen LogP contribution in [0.4, 0.5) is 0 Å². The minimum atomic E-state index is 0.426. The average molecular weight is 124 g/mol. The van der Waals surface area contributed by atoms with E-state index >= 15 is 0 Å². The fraction of sp³-hybridized carbons (Fsp3) is 0.333. The average Bonchev–Trinajstić information content (AvgIpc) is 1.88. The number of aromatic nitrogens is 2. The molecule has 1 rings (SSSR count). The van der Waals surface area contributed by atoms with E-state index in [1.54, 1.807) is 13.3 Å². The highest BCUT2D eigenvalue weighted by atomic mass is 16.5. The molecule has 0 fully saturated rings. The first-order valence-electron chi connectivity index (χ1n) is 2.66. The fourth-order valence-corrected chi connectivity index (χ4v) is 0.524. The lowest BCUT2D eigenvalue weighted by atomic mass is 10.5. The van der Waals surface area contributed by atoms with Crippen LogP contribution in [0.3, 0.4) is 0 Å². The summed E-state index contributed by atoms with van der Waals surface area (Å²) in [6.45, 7) is 1.89. The van der Waals surface area contributed by atoms with Crippen LogP contribution in [0.15, 0.2) is 12.3 Å². The van der Waals surface area contributed by atoms with E-state index in [4.69, 9.17) is 4.74 Å². The second-order valence-electron chi connectivity index (χ2n) is 1.68. The second-order valence-corrected chi connectivity index (χ2v) is 1.68. The van der Waals surface area contributed by atoms with E-state index in [1.165, 1.54) is 0 Å². The normalized spacial score (nSPS) is 9.11. The van der Waals surface area contributed by atoms with Crippen molar-refractivity contribution in [3.8, 4) is 6.01 Å². The highest BCUT2D eigenvalue weighted by Crippen LogP contribution is 1.98. The van der Waals surface area contributed by atoms with Gasteiger partial charge in [-0.3, -0.25) is 0 Å². The van der Waals surface area contributed by atoms with Crippen LogP contribution < -0.4 is 4.74 Å². The van der Waals surface area contributed by atoms with E-state index in [-0.39, 0.29) is 0 Å². The summed E-state index contributed by atoms with van der Waals surface area (Å²) in [4.78, 5) is 7.78. The van der Waals surface area contributed by atoms with Crippen molar-refractivity contribution in [1.29, 1.82) is 0 Å². The third-order valence-corrected chi connectivity index (χ3v) is 0.955. The number of hydrogen-bond acceptors (Lipinski definition) is 3. The first-order valence-corrected chi connectivity index (χ1v) is 2.66. The van der Waals surface area contributed by atoms with Gasteiger partial charge in [-0.05, 0) is 13.0 Å². The first kappa shape index (κ1) is 6.01. The molecule has 0 bridgehead atoms. The highest BCUT2D eigenvalue weighted by molar-refractivity contribution is 5.02. The molecule has 0 atom stereocenters. The van der Waals surface area contributed by atoms with Gasteiger partial charge in [-0.2, -0.15) is 0 Å². The highest BCUT2D eigenvalue weighted by Gasteiger charge is 1.90. The molecule has 48 valence electrons. The minimum Gasteiger partial charge on any atom is -0.467 e. The molecule has 0 aliphatic carbocycles. The van der Waals surface area contributed by atoms with Crippen LogP contribution in [0.5, 0.6) is 6.01 Å². The number of ether oxygens (including phenoxy) is 1. The first-order chi connectivity index (χ1) is 4.33. The zero-order chi connectivity index (χ0) is 6.69. The molecule has 3 heteroatoms. The summed E-state index contributed by atoms with van der Waals surface area (Å²) >= 11 is 0. The topological polar surface area (TPSA) is 35.0 Å². The van der Waals surface area contributed by atoms with Crippen LogP contribution in [0.1, 0.15) is 5.69 Å². The summed E-state index contributed by atoms with van der Waals surface area (Å²) < 4.78 is 4.77. The summed E-state index contributed by atoms with van der Waals surface area (Å²) in [6, 6.07) is 2.25. The molecule has 1 aromatic heterocycles. The van der Waals surface area contributed by atoms with Gasteiger partial charge in [0, 0.05) is 11.9 Å². The van der Waals surface area contributed by atoms with Gasteiger partial charge >= 0.3 is 6.01 Å². The maximum absolute atomic E-state index is 4.77. The summed E-state index contributed by atoms with van der Waals surface area (Å²) in [5, 5.41) is 0. The van der Waals surface area contributed by atoms with Gasteiger partial charge in [-0.25, -0.2) is 9.97 Å². The lowest BCUT2D eigenvalue weighted by Gasteiger charge is -1.95. The predicted octanol–water partition coefficient (Wildman–Crippen LogP) is 0.794. The maximum atomic E-state index is 4.77. The Labute approximate surface area is 53.7 Å². The SMILES string of the molecule is COc1nccc(C)n1. The lowest BCUT2D eigenvalue weighted by molar-refractivity contribution is 0.378. The van der Waals surface area contributed by atoms with Crippen molar-refractivity contribution >= 4 is 0 Å². The lowest BCUT2D eigenvalue weighted by Crippen LogP contribution is -1.91. The van der Waals surface area contributed by atoms with Crippen molar-refractivity contribution < 1.29 is 4.74 Å². The molecular formula is C6H8N2O. The molecule has 0 unspecified atom stereocenters. The van der Waals surface area contributed by atoms with E-state index in [2.05, 4.69) is 9.97 Å². The van der Waals surface area contributed by atoms with E-state index in [0.29, 0.717) is 6.01 Å². The fourth-order valence-electron chi connectivity index (χ4n) is 0.524. The van der Waals surface area contributed by atoms with E-state index in [9.17, 15) is 0 Å². The Hall–Kier alpha value is -1.12. The summed E-state index contributed by atoms with van der Waals surface area (Å²) in [5.74, 6) is 0. The molecular weight excluding hydrogens is 116 g/mol. The van der Waals surface area contributed by atoms with Crippen molar-refractivity contribution in [1.82, 2.24) is 9.97 Å². The van der Waals surface area contributed by atoms with Gasteiger partial charge in [0.25, 0.3) is 0 Å². The second kappa shape index (κ2) is 2.44. The van der Waals surface area contributed by atoms with Gasteiger partial charge in [0.1, 0.15) is 0 Å². The summed E-state index contributed by atoms with van der Waals surface area (Å²) in [5.41, 5.74) is 0.918. The molecule has 0 spiro atoms. The van der Waals surface area contributed by atoms with Crippen LogP contribution in [0, 0.1) is 6.92 Å². The van der Waals surface area contributed by atoms with Gasteiger partial charge in [0.05, 0.1) is 7.11 Å². The van der Waals surface area contributed by atoms with E-state index in [1.807, 2.05) is 13.0 Å². The number of rotatable bonds is 1. The van der Waals surface area contributed by atoms with E-state index < -0.39 is 0 Å². The molecule has 0 saturated heterocycles. The van der Waals surface area contributed by atoms with Crippen LogP contribution >= 0.6 is 0 Å². The number of nitrogens with zero attached hydrogens (tertiary/aromatic N) is 2. The van der Waals surface area contributed by atoms with Crippen molar-refractivity contribution in [3.63, 3.8) is 0 Å². The molecule has 0 N–H and O–H groups in total. The molecule has 1 aromatic rings. The molecule has 0 aliphatic heterocycles. The smallest absolute Gasteiger partial charge is 0.316 e. The molecule has 0 amide bonds. The quantitative estimate of drug-likeness (QED) is 0.555. The summed E-state index contributed by atoms with van der Waals surface area (Å²) in [7, 11) is 1.55. The standard InChI is InChI=1S/C6H8N2O/c1-5-3-4-7-6(8-5)9-2/h3-4H,1-2H3. The third kappa shape index (κ3) is 1.38. The van der Waals surface area contributed by atoms with Gasteiger partial charge in [0.15, 0.2) is 0 Å². The Balaban J connectivity index is 2.94. The Morgan fingerprint density at radius 1 is 1.56 bits per heavy atom. The zero-order valence-electron chi connectivity index (χ0n) is 5.46. The van der Waals surface area contributed by atoms with E-state index in [0.717, 1.165) is 5.69 Å². The molecule has 9 heavy (non-hydrogen) atoms. The number of hydrogen-bond donors (Lipinski definition) is 0. The Bertz CT molecular complexity index is 200. The van der Waals surface area contributed by atoms with Gasteiger partial charge in [0.2, 0.25) is 0 Å². The molecule has 1 heterocycles. The molecule has 0 aromatic carbocycles. The van der Waals surface area contributed by atoms with Crippen LogP contribution in [-0.2, 0) is 0 Å². The zero-order valence-corrected chi connectivity index (χ0v) is 5.46. The monoisotopic (exact) mass is 124 g/mol. The number of aryl methyl sites for hydroxylation is 1. The molecule has 3 nitrogen and oxygen atoms in total. The molecule has 0 radical (unpaired) electrons. The minimum absolute atomic E-state index is 0.426. The van der Waals surface area contributed by atoms with Crippen LogP contribution in [-0.4, -0.2) is 17.1 Å². The van der Waals surface area contributed by atoms with Crippen molar-refractivity contribution in [2.45, 2.75) is 6.92 Å². The molecule has 0 aliphatic rings. The predicted molar refractivity (Wildman–Crippen MR) is 33.3 cm³/mol. The largest absolute Gasteiger partial charge is 0.467 e. The van der Waals surface area contributed by atoms with Crippen LogP contribution in [0.2, 0.25) is 0 Å².